The highest BCUT2D eigenvalue weighted by Crippen LogP contribution is 2.40. The van der Waals surface area contributed by atoms with Crippen molar-refractivity contribution in [3.8, 4) is 62.1 Å². The van der Waals surface area contributed by atoms with Crippen LogP contribution in [0.2, 0.25) is 0 Å². The van der Waals surface area contributed by atoms with Crippen LogP contribution in [-0.2, 0) is 0 Å². The first-order valence-electron chi connectivity index (χ1n) is 20.7. The Hall–Kier alpha value is -8.21. The molecule has 12 aromatic rings. The Kier molecular flexibility index (Phi) is 8.13. The Morgan fingerprint density at radius 3 is 1.44 bits per heavy atom. The van der Waals surface area contributed by atoms with Crippen LogP contribution in [0.25, 0.3) is 116 Å². The largest absolute Gasteiger partial charge is 0.309 e. The van der Waals surface area contributed by atoms with Crippen molar-refractivity contribution in [3.05, 3.63) is 218 Å². The molecule has 0 aliphatic heterocycles. The van der Waals surface area contributed by atoms with Gasteiger partial charge < -0.3 is 4.57 Å². The molecule has 0 saturated heterocycles. The van der Waals surface area contributed by atoms with Crippen molar-refractivity contribution in [1.82, 2.24) is 19.5 Å². The summed E-state index contributed by atoms with van der Waals surface area (Å²) in [6.07, 6.45) is 0. The Balaban J connectivity index is 1.07. The van der Waals surface area contributed by atoms with Crippen molar-refractivity contribution < 1.29 is 0 Å². The van der Waals surface area contributed by atoms with Gasteiger partial charge in [0.15, 0.2) is 17.5 Å². The SMILES string of the molecule is c1ccc(-c2ccc3cc(-c4nc(-c5ccccc5)nc(-c5ccc6c(-n7c8ccccc8c8ccccc87)ccc(-c7ccc8ccccc8c7)c6c5)n4)ccc3c2)cc1. The molecule has 0 unspecified atom stereocenters. The minimum Gasteiger partial charge on any atom is -0.309 e. The first-order chi connectivity index (χ1) is 30.2. The van der Waals surface area contributed by atoms with Crippen LogP contribution in [0, 0.1) is 0 Å². The third kappa shape index (κ3) is 6.04. The van der Waals surface area contributed by atoms with E-state index in [2.05, 4.69) is 205 Å². The second-order valence-corrected chi connectivity index (χ2v) is 15.6. The molecule has 4 nitrogen and oxygen atoms in total. The quantitative estimate of drug-likeness (QED) is 0.169. The molecule has 0 fully saturated rings. The number of para-hydroxylation sites is 2. The van der Waals surface area contributed by atoms with E-state index in [1.54, 1.807) is 0 Å². The highest BCUT2D eigenvalue weighted by atomic mass is 15.0. The Morgan fingerprint density at radius 2 is 0.738 bits per heavy atom. The molecule has 10 aromatic carbocycles. The lowest BCUT2D eigenvalue weighted by Crippen LogP contribution is -2.01. The van der Waals surface area contributed by atoms with Gasteiger partial charge >= 0.3 is 0 Å². The zero-order chi connectivity index (χ0) is 40.3. The van der Waals surface area contributed by atoms with Gasteiger partial charge in [0, 0.05) is 32.8 Å². The van der Waals surface area contributed by atoms with Gasteiger partial charge in [-0.05, 0) is 91.6 Å². The number of hydrogen-bond acceptors (Lipinski definition) is 3. The Bertz CT molecular complexity index is 3590. The molecule has 0 aliphatic rings. The average Bonchev–Trinajstić information content (AvgIpc) is 3.67. The lowest BCUT2D eigenvalue weighted by atomic mass is 9.94. The lowest BCUT2D eigenvalue weighted by molar-refractivity contribution is 1.07. The Morgan fingerprint density at radius 1 is 0.262 bits per heavy atom. The van der Waals surface area contributed by atoms with Crippen molar-refractivity contribution in [2.45, 2.75) is 0 Å². The number of nitrogens with zero attached hydrogens (tertiary/aromatic N) is 4. The van der Waals surface area contributed by atoms with Gasteiger partial charge in [-0.15, -0.1) is 0 Å². The van der Waals surface area contributed by atoms with Crippen LogP contribution in [0.3, 0.4) is 0 Å². The zero-order valence-electron chi connectivity index (χ0n) is 33.1. The van der Waals surface area contributed by atoms with E-state index in [0.717, 1.165) is 55.0 Å². The number of aromatic nitrogens is 4. The van der Waals surface area contributed by atoms with Crippen LogP contribution in [0.5, 0.6) is 0 Å². The fourth-order valence-corrected chi connectivity index (χ4v) is 9.00. The van der Waals surface area contributed by atoms with Crippen LogP contribution >= 0.6 is 0 Å². The van der Waals surface area contributed by atoms with Gasteiger partial charge in [-0.1, -0.05) is 176 Å². The topological polar surface area (TPSA) is 43.6 Å². The van der Waals surface area contributed by atoms with Gasteiger partial charge in [0.2, 0.25) is 0 Å². The number of rotatable bonds is 6. The molecule has 4 heteroatoms. The van der Waals surface area contributed by atoms with Crippen LogP contribution in [0.1, 0.15) is 0 Å². The minimum absolute atomic E-state index is 0.622. The van der Waals surface area contributed by atoms with E-state index in [1.807, 2.05) is 18.2 Å². The number of fused-ring (bicyclic) bond motifs is 6. The standard InChI is InChI=1S/C57H36N4/c1-3-13-37(14-4-1)41-24-25-43-35-45(28-26-42(43)33-41)56-58-55(39-16-5-2-6-17-39)59-57(60-56)46-29-30-50-51(36-46)47(44-27-23-38-15-7-8-18-40(38)34-44)31-32-54(50)61-52-21-11-9-19-48(52)49-20-10-12-22-53(49)61/h1-36H. The summed E-state index contributed by atoms with van der Waals surface area (Å²) in [6, 6.07) is 77.8. The summed E-state index contributed by atoms with van der Waals surface area (Å²) < 4.78 is 2.41. The first kappa shape index (κ1) is 34.8. The van der Waals surface area contributed by atoms with Gasteiger partial charge in [-0.2, -0.15) is 0 Å². The van der Waals surface area contributed by atoms with Crippen LogP contribution in [-0.4, -0.2) is 19.5 Å². The van der Waals surface area contributed by atoms with Crippen LogP contribution in [0.4, 0.5) is 0 Å². The summed E-state index contributed by atoms with van der Waals surface area (Å²) in [4.78, 5) is 15.5. The molecule has 0 aliphatic carbocycles. The van der Waals surface area contributed by atoms with Gasteiger partial charge in [-0.3, -0.25) is 0 Å². The van der Waals surface area contributed by atoms with E-state index in [4.69, 9.17) is 15.0 Å². The molecule has 61 heavy (non-hydrogen) atoms. The van der Waals surface area contributed by atoms with E-state index >= 15 is 0 Å². The Labute approximate surface area is 352 Å². The molecule has 0 atom stereocenters. The summed E-state index contributed by atoms with van der Waals surface area (Å²) in [7, 11) is 0. The molecule has 0 radical (unpaired) electrons. The number of hydrogen-bond donors (Lipinski definition) is 0. The van der Waals surface area contributed by atoms with Crippen molar-refractivity contribution in [3.63, 3.8) is 0 Å². The molecule has 284 valence electrons. The fraction of sp³-hybridized carbons (Fsp3) is 0. The summed E-state index contributed by atoms with van der Waals surface area (Å²) in [6.45, 7) is 0. The van der Waals surface area contributed by atoms with E-state index in [9.17, 15) is 0 Å². The normalized spacial score (nSPS) is 11.6. The zero-order valence-corrected chi connectivity index (χ0v) is 33.1. The summed E-state index contributed by atoms with van der Waals surface area (Å²) in [5.41, 5.74) is 11.0. The molecular weight excluding hydrogens is 741 g/mol. The van der Waals surface area contributed by atoms with E-state index in [1.165, 1.54) is 43.7 Å². The summed E-state index contributed by atoms with van der Waals surface area (Å²) in [5.74, 6) is 1.89. The highest BCUT2D eigenvalue weighted by Gasteiger charge is 2.19. The molecule has 0 amide bonds. The fourth-order valence-electron chi connectivity index (χ4n) is 9.00. The van der Waals surface area contributed by atoms with Gasteiger partial charge in [-0.25, -0.2) is 15.0 Å². The molecule has 0 bridgehead atoms. The number of benzene rings is 10. The van der Waals surface area contributed by atoms with Crippen molar-refractivity contribution in [1.29, 1.82) is 0 Å². The maximum absolute atomic E-state index is 5.25. The second-order valence-electron chi connectivity index (χ2n) is 15.6. The maximum atomic E-state index is 5.25. The first-order valence-corrected chi connectivity index (χ1v) is 20.7. The van der Waals surface area contributed by atoms with Crippen molar-refractivity contribution in [2.24, 2.45) is 0 Å². The van der Waals surface area contributed by atoms with E-state index in [0.29, 0.717) is 17.5 Å². The average molecular weight is 777 g/mol. The summed E-state index contributed by atoms with van der Waals surface area (Å²) >= 11 is 0. The van der Waals surface area contributed by atoms with Crippen LogP contribution < -0.4 is 0 Å². The lowest BCUT2D eigenvalue weighted by Gasteiger charge is -2.16. The maximum Gasteiger partial charge on any atom is 0.164 e. The molecule has 0 saturated carbocycles. The smallest absolute Gasteiger partial charge is 0.164 e. The molecular formula is C57H36N4. The second kappa shape index (κ2) is 14.3. The van der Waals surface area contributed by atoms with Gasteiger partial charge in [0.25, 0.3) is 0 Å². The third-order valence-corrected chi connectivity index (χ3v) is 12.0. The highest BCUT2D eigenvalue weighted by molar-refractivity contribution is 6.12. The third-order valence-electron chi connectivity index (χ3n) is 12.0. The monoisotopic (exact) mass is 776 g/mol. The molecule has 0 spiro atoms. The van der Waals surface area contributed by atoms with E-state index < -0.39 is 0 Å². The molecule has 2 heterocycles. The molecule has 0 N–H and O–H groups in total. The molecule has 12 rings (SSSR count). The summed E-state index contributed by atoms with van der Waals surface area (Å²) in [5, 5.41) is 9.45. The predicted molar refractivity (Wildman–Crippen MR) is 254 cm³/mol. The van der Waals surface area contributed by atoms with Crippen LogP contribution in [0.15, 0.2) is 218 Å². The predicted octanol–water partition coefficient (Wildman–Crippen LogP) is 14.8. The van der Waals surface area contributed by atoms with E-state index in [-0.39, 0.29) is 0 Å². The minimum atomic E-state index is 0.622. The van der Waals surface area contributed by atoms with Crippen molar-refractivity contribution >= 4 is 54.1 Å². The molecule has 2 aromatic heterocycles. The van der Waals surface area contributed by atoms with Gasteiger partial charge in [0.1, 0.15) is 0 Å². The van der Waals surface area contributed by atoms with Gasteiger partial charge in [0.05, 0.1) is 16.7 Å². The van der Waals surface area contributed by atoms with Crippen molar-refractivity contribution in [2.75, 3.05) is 0 Å².